The van der Waals surface area contributed by atoms with E-state index >= 15 is 0 Å². The van der Waals surface area contributed by atoms with Gasteiger partial charge in [-0.1, -0.05) is 19.3 Å². The topological polar surface area (TPSA) is 53.5 Å². The molecule has 2 aliphatic rings. The van der Waals surface area contributed by atoms with Gasteiger partial charge in [0.05, 0.1) is 6.54 Å². The Morgan fingerprint density at radius 2 is 1.90 bits per heavy atom. The van der Waals surface area contributed by atoms with Gasteiger partial charge in [0.25, 0.3) is 0 Å². The molecular formula is C16H21N3O. The molecule has 2 N–H and O–H groups in total. The quantitative estimate of drug-likeness (QED) is 0.887. The van der Waals surface area contributed by atoms with Gasteiger partial charge in [-0.2, -0.15) is 0 Å². The van der Waals surface area contributed by atoms with Gasteiger partial charge in [0, 0.05) is 23.7 Å². The maximum Gasteiger partial charge on any atom is 0.227 e. The van der Waals surface area contributed by atoms with E-state index < -0.39 is 0 Å². The normalized spacial score (nSPS) is 19.3. The third-order valence-corrected chi connectivity index (χ3v) is 4.08. The molecule has 3 rings (SSSR count). The van der Waals surface area contributed by atoms with Crippen molar-refractivity contribution in [3.63, 3.8) is 0 Å². The lowest BCUT2D eigenvalue weighted by atomic mass is 9.88. The lowest BCUT2D eigenvalue weighted by Crippen LogP contribution is -2.24. The van der Waals surface area contributed by atoms with E-state index in [2.05, 4.69) is 15.6 Å². The van der Waals surface area contributed by atoms with Crippen LogP contribution in [0.1, 0.15) is 37.7 Å². The summed E-state index contributed by atoms with van der Waals surface area (Å²) < 4.78 is 0. The van der Waals surface area contributed by atoms with Gasteiger partial charge in [0.1, 0.15) is 5.84 Å². The number of anilines is 1. The summed E-state index contributed by atoms with van der Waals surface area (Å²) in [6.45, 7) is 1.75. The second-order valence-electron chi connectivity index (χ2n) is 5.56. The largest absolute Gasteiger partial charge is 0.368 e. The fourth-order valence-electron chi connectivity index (χ4n) is 2.91. The molecule has 4 heteroatoms. The lowest BCUT2D eigenvalue weighted by molar-refractivity contribution is -0.120. The van der Waals surface area contributed by atoms with E-state index in [0.717, 1.165) is 43.0 Å². The van der Waals surface area contributed by atoms with Gasteiger partial charge in [0.2, 0.25) is 5.91 Å². The predicted octanol–water partition coefficient (Wildman–Crippen LogP) is 2.56. The molecule has 1 aromatic rings. The Hall–Kier alpha value is -1.84. The number of nitrogens with one attached hydrogen (secondary N) is 2. The molecule has 1 aliphatic carbocycles. The zero-order valence-corrected chi connectivity index (χ0v) is 11.7. The van der Waals surface area contributed by atoms with E-state index in [9.17, 15) is 4.79 Å². The van der Waals surface area contributed by atoms with Gasteiger partial charge in [-0.15, -0.1) is 0 Å². The van der Waals surface area contributed by atoms with E-state index in [1.165, 1.54) is 19.3 Å². The van der Waals surface area contributed by atoms with Gasteiger partial charge in [-0.3, -0.25) is 9.79 Å². The molecular weight excluding hydrogens is 250 g/mol. The smallest absolute Gasteiger partial charge is 0.227 e. The first-order valence-electron chi connectivity index (χ1n) is 7.52. The summed E-state index contributed by atoms with van der Waals surface area (Å²) in [7, 11) is 0. The minimum Gasteiger partial charge on any atom is -0.368 e. The molecule has 0 aromatic heterocycles. The minimum atomic E-state index is 0.175. The lowest BCUT2D eigenvalue weighted by Gasteiger charge is -2.20. The first-order chi connectivity index (χ1) is 9.83. The Morgan fingerprint density at radius 1 is 1.15 bits per heavy atom. The molecule has 0 radical (unpaired) electrons. The van der Waals surface area contributed by atoms with Gasteiger partial charge in [-0.05, 0) is 37.1 Å². The highest BCUT2D eigenvalue weighted by molar-refractivity contribution is 6.00. The molecule has 4 nitrogen and oxygen atoms in total. The van der Waals surface area contributed by atoms with Gasteiger partial charge in [-0.25, -0.2) is 0 Å². The van der Waals surface area contributed by atoms with Crippen LogP contribution in [-0.2, 0) is 4.79 Å². The first kappa shape index (κ1) is 13.2. The number of hydrogen-bond acceptors (Lipinski definition) is 3. The maximum absolute atomic E-state index is 12.2. The van der Waals surface area contributed by atoms with E-state index in [1.54, 1.807) is 0 Å². The summed E-state index contributed by atoms with van der Waals surface area (Å²) in [6.07, 6.45) is 5.70. The van der Waals surface area contributed by atoms with Crippen LogP contribution in [0.15, 0.2) is 29.3 Å². The standard InChI is InChI=1S/C16H21N3O/c20-16(13-4-2-1-3-5-13)19-14-8-6-12(7-9-14)15-17-10-11-18-15/h6-9,13H,1-5,10-11H2,(H,17,18)(H,19,20). The van der Waals surface area contributed by atoms with Crippen LogP contribution in [0, 0.1) is 5.92 Å². The van der Waals surface area contributed by atoms with Crippen molar-refractivity contribution in [2.24, 2.45) is 10.9 Å². The van der Waals surface area contributed by atoms with Crippen LogP contribution < -0.4 is 10.6 Å². The fourth-order valence-corrected chi connectivity index (χ4v) is 2.91. The fraction of sp³-hybridized carbons (Fsp3) is 0.500. The van der Waals surface area contributed by atoms with E-state index in [-0.39, 0.29) is 11.8 Å². The monoisotopic (exact) mass is 271 g/mol. The van der Waals surface area contributed by atoms with Crippen LogP contribution in [0.4, 0.5) is 5.69 Å². The van der Waals surface area contributed by atoms with Gasteiger partial charge >= 0.3 is 0 Å². The minimum absolute atomic E-state index is 0.175. The summed E-state index contributed by atoms with van der Waals surface area (Å²) in [5.41, 5.74) is 1.96. The van der Waals surface area contributed by atoms with Crippen LogP contribution in [0.2, 0.25) is 0 Å². The van der Waals surface area contributed by atoms with E-state index in [4.69, 9.17) is 0 Å². The van der Waals surface area contributed by atoms with Crippen molar-refractivity contribution in [2.75, 3.05) is 18.4 Å². The number of rotatable bonds is 3. The number of hydrogen-bond donors (Lipinski definition) is 2. The van der Waals surface area contributed by atoms with Crippen LogP contribution >= 0.6 is 0 Å². The summed E-state index contributed by atoms with van der Waals surface area (Å²) >= 11 is 0. The Kier molecular flexibility index (Phi) is 4.00. The third-order valence-electron chi connectivity index (χ3n) is 4.08. The Labute approximate surface area is 119 Å². The Bertz CT molecular complexity index is 501. The summed E-state index contributed by atoms with van der Waals surface area (Å²) in [6, 6.07) is 7.93. The molecule has 0 bridgehead atoms. The predicted molar refractivity (Wildman–Crippen MR) is 81.1 cm³/mol. The highest BCUT2D eigenvalue weighted by Crippen LogP contribution is 2.25. The molecule has 20 heavy (non-hydrogen) atoms. The second-order valence-corrected chi connectivity index (χ2v) is 5.56. The number of aliphatic imine (C=N–C) groups is 1. The molecule has 0 saturated heterocycles. The van der Waals surface area contributed by atoms with Crippen LogP contribution in [-0.4, -0.2) is 24.8 Å². The van der Waals surface area contributed by atoms with Gasteiger partial charge in [0.15, 0.2) is 0 Å². The number of amides is 1. The molecule has 1 heterocycles. The first-order valence-corrected chi connectivity index (χ1v) is 7.52. The molecule has 1 fully saturated rings. The van der Waals surface area contributed by atoms with E-state index in [0.29, 0.717) is 0 Å². The average molecular weight is 271 g/mol. The van der Waals surface area contributed by atoms with Crippen LogP contribution in [0.5, 0.6) is 0 Å². The number of nitrogens with zero attached hydrogens (tertiary/aromatic N) is 1. The summed E-state index contributed by atoms with van der Waals surface area (Å²) in [5.74, 6) is 1.33. The number of carbonyl (C=O) groups is 1. The number of carbonyl (C=O) groups excluding carboxylic acids is 1. The molecule has 1 amide bonds. The Balaban J connectivity index is 1.61. The average Bonchev–Trinajstić information content (AvgIpc) is 3.03. The third kappa shape index (κ3) is 3.00. The Morgan fingerprint density at radius 3 is 2.55 bits per heavy atom. The van der Waals surface area contributed by atoms with Crippen molar-refractivity contribution in [3.05, 3.63) is 29.8 Å². The molecule has 1 aromatic carbocycles. The van der Waals surface area contributed by atoms with Gasteiger partial charge < -0.3 is 10.6 Å². The molecule has 0 atom stereocenters. The van der Waals surface area contributed by atoms with Crippen LogP contribution in [0.25, 0.3) is 0 Å². The molecule has 0 unspecified atom stereocenters. The number of benzene rings is 1. The maximum atomic E-state index is 12.2. The highest BCUT2D eigenvalue weighted by Gasteiger charge is 2.21. The zero-order chi connectivity index (χ0) is 13.8. The zero-order valence-electron chi connectivity index (χ0n) is 11.7. The SMILES string of the molecule is O=C(Nc1ccc(C2=NCCN2)cc1)C1CCCCC1. The highest BCUT2D eigenvalue weighted by atomic mass is 16.1. The summed E-state index contributed by atoms with van der Waals surface area (Å²) in [4.78, 5) is 16.5. The molecule has 1 saturated carbocycles. The second kappa shape index (κ2) is 6.07. The van der Waals surface area contributed by atoms with Crippen molar-refractivity contribution in [2.45, 2.75) is 32.1 Å². The van der Waals surface area contributed by atoms with Crippen molar-refractivity contribution in [3.8, 4) is 0 Å². The molecule has 0 spiro atoms. The van der Waals surface area contributed by atoms with Crippen molar-refractivity contribution < 1.29 is 4.79 Å². The van der Waals surface area contributed by atoms with Crippen LogP contribution in [0.3, 0.4) is 0 Å². The van der Waals surface area contributed by atoms with Crippen molar-refractivity contribution in [1.29, 1.82) is 0 Å². The van der Waals surface area contributed by atoms with E-state index in [1.807, 2.05) is 24.3 Å². The van der Waals surface area contributed by atoms with Crippen molar-refractivity contribution in [1.82, 2.24) is 5.32 Å². The molecule has 1 aliphatic heterocycles. The number of amidine groups is 1. The molecule has 106 valence electrons. The van der Waals surface area contributed by atoms with Crippen molar-refractivity contribution >= 4 is 17.4 Å². The summed E-state index contributed by atoms with van der Waals surface area (Å²) in [5, 5.41) is 6.28.